The number of aromatic nitrogens is 1. The molecule has 1 heterocycles. The molecule has 1 aliphatic carbocycles. The molecular weight excluding hydrogens is 719 g/mol. The van der Waals surface area contributed by atoms with Crippen LogP contribution in [0.25, 0.3) is 65.6 Å². The van der Waals surface area contributed by atoms with Crippen molar-refractivity contribution in [3.05, 3.63) is 197 Å². The number of aryl methyl sites for hydroxylation is 1. The first kappa shape index (κ1) is 36.1. The second-order valence-electron chi connectivity index (χ2n) is 15.8. The molecule has 2 nitrogen and oxygen atoms in total. The SMILES string of the molecule is [B]C1C(C)=C(C)C(S)=C(C)C1n1c2cc(N(c3ccccc3)c3ccc(-c4ccc(-c5ccccc5)c5ccccc45)cc3)c(C)cc2c2c3ccccc3ccc21. The molecular formula is C54H43BN2S. The lowest BCUT2D eigenvalue weighted by Gasteiger charge is -2.36. The van der Waals surface area contributed by atoms with Crippen molar-refractivity contribution < 1.29 is 0 Å². The minimum atomic E-state index is -0.193. The van der Waals surface area contributed by atoms with Crippen molar-refractivity contribution in [1.82, 2.24) is 4.57 Å². The van der Waals surface area contributed by atoms with Gasteiger partial charge in [0.25, 0.3) is 0 Å². The number of nitrogens with zero attached hydrogens (tertiary/aromatic N) is 2. The maximum absolute atomic E-state index is 7.24. The molecule has 0 saturated heterocycles. The number of allylic oxidation sites excluding steroid dienone is 3. The smallest absolute Gasteiger partial charge is 0.0792 e. The Bertz CT molecular complexity index is 3120. The first-order valence-corrected chi connectivity index (χ1v) is 20.6. The predicted molar refractivity (Wildman–Crippen MR) is 253 cm³/mol. The zero-order valence-electron chi connectivity index (χ0n) is 33.2. The third-order valence-corrected chi connectivity index (χ3v) is 13.3. The van der Waals surface area contributed by atoms with Gasteiger partial charge in [0.15, 0.2) is 0 Å². The molecule has 2 atom stereocenters. The topological polar surface area (TPSA) is 8.17 Å². The molecule has 0 fully saturated rings. The van der Waals surface area contributed by atoms with Crippen molar-refractivity contribution >= 4 is 80.9 Å². The van der Waals surface area contributed by atoms with Crippen LogP contribution in [0.5, 0.6) is 0 Å². The Morgan fingerprint density at radius 2 is 1.09 bits per heavy atom. The normalized spacial score (nSPS) is 15.9. The lowest BCUT2D eigenvalue weighted by Crippen LogP contribution is -2.22. The molecule has 1 aliphatic rings. The first-order valence-electron chi connectivity index (χ1n) is 20.1. The van der Waals surface area contributed by atoms with Crippen molar-refractivity contribution in [3.8, 4) is 22.3 Å². The van der Waals surface area contributed by atoms with Crippen LogP contribution in [0.4, 0.5) is 17.1 Å². The van der Waals surface area contributed by atoms with E-state index in [4.69, 9.17) is 20.5 Å². The summed E-state index contributed by atoms with van der Waals surface area (Å²) in [6.45, 7) is 8.75. The minimum absolute atomic E-state index is 0.0968. The molecule has 0 spiro atoms. The minimum Gasteiger partial charge on any atom is -0.333 e. The van der Waals surface area contributed by atoms with Gasteiger partial charge in [0.05, 0.1) is 30.6 Å². The molecule has 9 aromatic rings. The van der Waals surface area contributed by atoms with Crippen LogP contribution < -0.4 is 4.90 Å². The Kier molecular flexibility index (Phi) is 8.91. The fourth-order valence-electron chi connectivity index (χ4n) is 9.45. The highest BCUT2D eigenvalue weighted by Crippen LogP contribution is 2.50. The quantitative estimate of drug-likeness (QED) is 0.131. The van der Waals surface area contributed by atoms with Crippen molar-refractivity contribution in [3.63, 3.8) is 0 Å². The second kappa shape index (κ2) is 14.3. The van der Waals surface area contributed by atoms with Gasteiger partial charge in [0.2, 0.25) is 0 Å². The monoisotopic (exact) mass is 762 g/mol. The van der Waals surface area contributed by atoms with E-state index in [0.29, 0.717) is 0 Å². The van der Waals surface area contributed by atoms with Gasteiger partial charge in [0, 0.05) is 27.1 Å². The number of anilines is 3. The van der Waals surface area contributed by atoms with Crippen LogP contribution in [0, 0.1) is 6.92 Å². The summed E-state index contributed by atoms with van der Waals surface area (Å²) in [5.74, 6) is -0.193. The Morgan fingerprint density at radius 1 is 0.517 bits per heavy atom. The first-order chi connectivity index (χ1) is 28.3. The van der Waals surface area contributed by atoms with Gasteiger partial charge < -0.3 is 9.47 Å². The van der Waals surface area contributed by atoms with Crippen molar-refractivity contribution in [2.45, 2.75) is 39.6 Å². The predicted octanol–water partition coefficient (Wildman–Crippen LogP) is 15.3. The van der Waals surface area contributed by atoms with Gasteiger partial charge in [-0.3, -0.25) is 0 Å². The zero-order chi connectivity index (χ0) is 39.7. The average Bonchev–Trinajstić information content (AvgIpc) is 3.58. The maximum Gasteiger partial charge on any atom is 0.0792 e. The Hall–Kier alpha value is -6.23. The number of fused-ring (bicyclic) bond motifs is 6. The van der Waals surface area contributed by atoms with E-state index in [9.17, 15) is 0 Å². The third-order valence-electron chi connectivity index (χ3n) is 12.6. The summed E-state index contributed by atoms with van der Waals surface area (Å²) in [5, 5.41) is 7.46. The Labute approximate surface area is 347 Å². The molecule has 278 valence electrons. The summed E-state index contributed by atoms with van der Waals surface area (Å²) in [4.78, 5) is 3.43. The van der Waals surface area contributed by atoms with Crippen molar-refractivity contribution in [2.24, 2.45) is 0 Å². The average molecular weight is 763 g/mol. The van der Waals surface area contributed by atoms with Crippen LogP contribution in [-0.2, 0) is 0 Å². The van der Waals surface area contributed by atoms with Crippen molar-refractivity contribution in [1.29, 1.82) is 0 Å². The molecule has 0 saturated carbocycles. The summed E-state index contributed by atoms with van der Waals surface area (Å²) in [7, 11) is 7.24. The van der Waals surface area contributed by atoms with Crippen molar-refractivity contribution in [2.75, 3.05) is 4.90 Å². The fourth-order valence-corrected chi connectivity index (χ4v) is 9.76. The molecule has 0 N–H and O–H groups in total. The number of hydrogen-bond acceptors (Lipinski definition) is 2. The van der Waals surface area contributed by atoms with Crippen LogP contribution in [0.15, 0.2) is 191 Å². The lowest BCUT2D eigenvalue weighted by molar-refractivity contribution is 0.588. The number of thiol groups is 1. The van der Waals surface area contributed by atoms with E-state index in [0.717, 1.165) is 27.5 Å². The number of benzene rings is 8. The number of rotatable bonds is 6. The van der Waals surface area contributed by atoms with Crippen LogP contribution in [0.2, 0.25) is 5.82 Å². The molecule has 1 aromatic heterocycles. The summed E-state index contributed by atoms with van der Waals surface area (Å²) < 4.78 is 2.50. The highest BCUT2D eigenvalue weighted by molar-refractivity contribution is 7.84. The summed E-state index contributed by atoms with van der Waals surface area (Å²) in [6.07, 6.45) is 0. The largest absolute Gasteiger partial charge is 0.333 e. The van der Waals surface area contributed by atoms with E-state index in [-0.39, 0.29) is 11.9 Å². The second-order valence-corrected chi connectivity index (χ2v) is 16.3. The molecule has 0 aliphatic heterocycles. The summed E-state index contributed by atoms with van der Waals surface area (Å²) in [6, 6.07) is 61.7. The zero-order valence-corrected chi connectivity index (χ0v) is 34.1. The molecule has 2 unspecified atom stereocenters. The molecule has 2 radical (unpaired) electrons. The van der Waals surface area contributed by atoms with E-state index in [1.165, 1.54) is 82.4 Å². The van der Waals surface area contributed by atoms with Gasteiger partial charge in [-0.15, -0.1) is 12.6 Å². The third kappa shape index (κ3) is 5.73. The molecule has 58 heavy (non-hydrogen) atoms. The van der Waals surface area contributed by atoms with Crippen LogP contribution in [0.1, 0.15) is 32.4 Å². The fraction of sp³-hybridized carbons (Fsp3) is 0.111. The van der Waals surface area contributed by atoms with Gasteiger partial charge in [-0.1, -0.05) is 133 Å². The number of hydrogen-bond donors (Lipinski definition) is 1. The van der Waals surface area contributed by atoms with E-state index >= 15 is 0 Å². The highest BCUT2D eigenvalue weighted by Gasteiger charge is 2.32. The lowest BCUT2D eigenvalue weighted by atomic mass is 9.69. The van der Waals surface area contributed by atoms with E-state index in [1.54, 1.807) is 0 Å². The maximum atomic E-state index is 7.24. The molecule has 10 rings (SSSR count). The number of para-hydroxylation sites is 1. The van der Waals surface area contributed by atoms with E-state index in [1.807, 2.05) is 0 Å². The molecule has 0 bridgehead atoms. The van der Waals surface area contributed by atoms with Gasteiger partial charge in [-0.05, 0) is 136 Å². The molecule has 8 aromatic carbocycles. The van der Waals surface area contributed by atoms with Crippen LogP contribution >= 0.6 is 12.6 Å². The van der Waals surface area contributed by atoms with Gasteiger partial charge >= 0.3 is 0 Å². The Balaban J connectivity index is 1.17. The molecule has 4 heteroatoms. The summed E-state index contributed by atoms with van der Waals surface area (Å²) >= 11 is 5.07. The van der Waals surface area contributed by atoms with Crippen LogP contribution in [0.3, 0.4) is 0 Å². The molecule has 0 amide bonds. The van der Waals surface area contributed by atoms with Crippen LogP contribution in [-0.4, -0.2) is 12.4 Å². The standard InChI is InChI=1S/C54H43BN2S/c1-33-31-47-50(57(53-36(4)54(58)35(3)34(2)52(53)55)48-30-25-38-17-11-12-20-44(38)51(47)48)32-49(33)56(40-18-9-6-10-19-40)41-26-23-39(24-27-41)43-29-28-42(37-15-7-5-8-16-37)45-21-13-14-22-46(43)45/h5-32,52-53,58H,1-4H3. The van der Waals surface area contributed by atoms with E-state index < -0.39 is 0 Å². The van der Waals surface area contributed by atoms with E-state index in [2.05, 4.69) is 207 Å². The van der Waals surface area contributed by atoms with Gasteiger partial charge in [-0.25, -0.2) is 0 Å². The Morgan fingerprint density at radius 3 is 1.76 bits per heavy atom. The highest BCUT2D eigenvalue weighted by atomic mass is 32.1. The van der Waals surface area contributed by atoms with Gasteiger partial charge in [-0.2, -0.15) is 0 Å². The summed E-state index contributed by atoms with van der Waals surface area (Å²) in [5.41, 5.74) is 15.3. The van der Waals surface area contributed by atoms with Gasteiger partial charge in [0.1, 0.15) is 0 Å².